The molecule has 3 heterocycles. The number of H-pyrrole nitrogens is 1. The summed E-state index contributed by atoms with van der Waals surface area (Å²) in [5, 5.41) is 7.22. The van der Waals surface area contributed by atoms with Gasteiger partial charge in [0.25, 0.3) is 0 Å². The molecule has 2 aromatic heterocycles. The number of hydrogen-bond acceptors (Lipinski definition) is 5. The van der Waals surface area contributed by atoms with Gasteiger partial charge in [-0.1, -0.05) is 0 Å². The molecule has 24 heavy (non-hydrogen) atoms. The SMILES string of the molecule is Cc1cc(N2CCN(C(=O)COC(C)c3nccn3C)CC2)n[nH]1. The molecule has 0 radical (unpaired) electrons. The first-order chi connectivity index (χ1) is 11.5. The second kappa shape index (κ2) is 7.04. The highest BCUT2D eigenvalue weighted by Crippen LogP contribution is 2.16. The van der Waals surface area contributed by atoms with Crippen LogP contribution in [0.4, 0.5) is 5.82 Å². The highest BCUT2D eigenvalue weighted by molar-refractivity contribution is 5.77. The first-order valence-electron chi connectivity index (χ1n) is 8.18. The lowest BCUT2D eigenvalue weighted by molar-refractivity contribution is -0.138. The van der Waals surface area contributed by atoms with Crippen LogP contribution in [0, 0.1) is 6.92 Å². The lowest BCUT2D eigenvalue weighted by Crippen LogP contribution is -2.50. The minimum Gasteiger partial charge on any atom is -0.361 e. The highest BCUT2D eigenvalue weighted by atomic mass is 16.5. The molecule has 8 nitrogen and oxygen atoms in total. The lowest BCUT2D eigenvalue weighted by Gasteiger charge is -2.34. The molecular weight excluding hydrogens is 308 g/mol. The van der Waals surface area contributed by atoms with Gasteiger partial charge in [-0.3, -0.25) is 9.89 Å². The second-order valence-electron chi connectivity index (χ2n) is 6.13. The van der Waals surface area contributed by atoms with E-state index < -0.39 is 0 Å². The number of nitrogens with one attached hydrogen (secondary N) is 1. The zero-order valence-electron chi connectivity index (χ0n) is 14.4. The number of aromatic amines is 1. The van der Waals surface area contributed by atoms with Gasteiger partial charge in [0.05, 0.1) is 0 Å². The predicted octanol–water partition coefficient (Wildman–Crippen LogP) is 0.878. The topological polar surface area (TPSA) is 79.3 Å². The third-order valence-electron chi connectivity index (χ3n) is 4.33. The summed E-state index contributed by atoms with van der Waals surface area (Å²) in [6, 6.07) is 2.02. The first kappa shape index (κ1) is 16.5. The summed E-state index contributed by atoms with van der Waals surface area (Å²) in [7, 11) is 1.92. The number of anilines is 1. The Morgan fingerprint density at radius 3 is 2.71 bits per heavy atom. The molecule has 3 rings (SSSR count). The summed E-state index contributed by atoms with van der Waals surface area (Å²) in [5.74, 6) is 1.79. The van der Waals surface area contributed by atoms with E-state index in [1.54, 1.807) is 6.20 Å². The van der Waals surface area contributed by atoms with Gasteiger partial charge in [-0.25, -0.2) is 4.98 Å². The molecule has 0 spiro atoms. The number of aryl methyl sites for hydroxylation is 2. The molecule has 0 aromatic carbocycles. The van der Waals surface area contributed by atoms with Gasteiger partial charge in [0.15, 0.2) is 5.82 Å². The average molecular weight is 332 g/mol. The fourth-order valence-electron chi connectivity index (χ4n) is 2.88. The summed E-state index contributed by atoms with van der Waals surface area (Å²) in [4.78, 5) is 20.6. The molecule has 1 aliphatic heterocycles. The van der Waals surface area contributed by atoms with Crippen molar-refractivity contribution in [2.45, 2.75) is 20.0 Å². The van der Waals surface area contributed by atoms with E-state index in [-0.39, 0.29) is 18.6 Å². The van der Waals surface area contributed by atoms with E-state index in [1.807, 2.05) is 42.6 Å². The molecule has 130 valence electrons. The maximum Gasteiger partial charge on any atom is 0.248 e. The number of hydrogen-bond donors (Lipinski definition) is 1. The van der Waals surface area contributed by atoms with Crippen LogP contribution in [0.2, 0.25) is 0 Å². The maximum absolute atomic E-state index is 12.3. The Morgan fingerprint density at radius 2 is 2.12 bits per heavy atom. The van der Waals surface area contributed by atoms with Crippen LogP contribution in [-0.4, -0.2) is 63.3 Å². The second-order valence-corrected chi connectivity index (χ2v) is 6.13. The van der Waals surface area contributed by atoms with E-state index in [0.29, 0.717) is 13.1 Å². The minimum atomic E-state index is -0.206. The van der Waals surface area contributed by atoms with Crippen LogP contribution in [-0.2, 0) is 16.6 Å². The van der Waals surface area contributed by atoms with Gasteiger partial charge in [-0.15, -0.1) is 0 Å². The molecule has 0 aliphatic carbocycles. The standard InChI is InChI=1S/C16H24N6O2/c1-12-10-14(19-18-12)21-6-8-22(9-7-21)15(23)11-24-13(2)16-17-4-5-20(16)3/h4-5,10,13H,6-9,11H2,1-3H3,(H,18,19). The van der Waals surface area contributed by atoms with Crippen molar-refractivity contribution in [1.82, 2.24) is 24.6 Å². The van der Waals surface area contributed by atoms with Gasteiger partial charge in [0, 0.05) is 57.4 Å². The molecular formula is C16H24N6O2. The average Bonchev–Trinajstić information content (AvgIpc) is 3.21. The number of aromatic nitrogens is 4. The third-order valence-corrected chi connectivity index (χ3v) is 4.33. The van der Waals surface area contributed by atoms with Crippen molar-refractivity contribution >= 4 is 11.7 Å². The molecule has 1 amide bonds. The minimum absolute atomic E-state index is 0.0221. The zero-order chi connectivity index (χ0) is 17.1. The van der Waals surface area contributed by atoms with Crippen molar-refractivity contribution in [2.75, 3.05) is 37.7 Å². The molecule has 8 heteroatoms. The monoisotopic (exact) mass is 332 g/mol. The first-order valence-corrected chi connectivity index (χ1v) is 8.18. The molecule has 1 N–H and O–H groups in total. The van der Waals surface area contributed by atoms with E-state index in [2.05, 4.69) is 20.1 Å². The van der Waals surface area contributed by atoms with Crippen LogP contribution in [0.3, 0.4) is 0 Å². The fraction of sp³-hybridized carbons (Fsp3) is 0.562. The van der Waals surface area contributed by atoms with Crippen LogP contribution in [0.25, 0.3) is 0 Å². The van der Waals surface area contributed by atoms with Gasteiger partial charge in [0.1, 0.15) is 18.5 Å². The Labute approximate surface area is 141 Å². The normalized spacial score (nSPS) is 16.5. The van der Waals surface area contributed by atoms with Crippen molar-refractivity contribution in [2.24, 2.45) is 7.05 Å². The maximum atomic E-state index is 12.3. The smallest absolute Gasteiger partial charge is 0.248 e. The van der Waals surface area contributed by atoms with Crippen LogP contribution in [0.1, 0.15) is 24.5 Å². The zero-order valence-corrected chi connectivity index (χ0v) is 14.4. The molecule has 1 aliphatic rings. The van der Waals surface area contributed by atoms with E-state index in [4.69, 9.17) is 4.74 Å². The van der Waals surface area contributed by atoms with Crippen molar-refractivity contribution in [3.05, 3.63) is 30.0 Å². The Morgan fingerprint density at radius 1 is 1.38 bits per heavy atom. The number of nitrogens with zero attached hydrogens (tertiary/aromatic N) is 5. The number of piperazine rings is 1. The molecule has 1 unspecified atom stereocenters. The molecule has 2 aromatic rings. The Balaban J connectivity index is 1.46. The van der Waals surface area contributed by atoms with Crippen molar-refractivity contribution in [3.63, 3.8) is 0 Å². The number of carbonyl (C=O) groups excluding carboxylic acids is 1. The van der Waals surface area contributed by atoms with Gasteiger partial charge in [-0.05, 0) is 13.8 Å². The Hall–Kier alpha value is -2.35. The van der Waals surface area contributed by atoms with Gasteiger partial charge < -0.3 is 19.1 Å². The van der Waals surface area contributed by atoms with Crippen molar-refractivity contribution in [1.29, 1.82) is 0 Å². The Bertz CT molecular complexity index is 686. The van der Waals surface area contributed by atoms with Crippen LogP contribution in [0.5, 0.6) is 0 Å². The van der Waals surface area contributed by atoms with Gasteiger partial charge in [-0.2, -0.15) is 5.10 Å². The summed E-state index contributed by atoms with van der Waals surface area (Å²) >= 11 is 0. The quantitative estimate of drug-likeness (QED) is 0.879. The van der Waals surface area contributed by atoms with Gasteiger partial charge in [0.2, 0.25) is 5.91 Å². The number of ether oxygens (including phenoxy) is 1. The Kier molecular flexibility index (Phi) is 4.84. The third kappa shape index (κ3) is 3.59. The van der Waals surface area contributed by atoms with Crippen LogP contribution in [0.15, 0.2) is 18.5 Å². The lowest BCUT2D eigenvalue weighted by atomic mass is 10.3. The number of rotatable bonds is 5. The van der Waals surface area contributed by atoms with E-state index in [1.165, 1.54) is 0 Å². The summed E-state index contributed by atoms with van der Waals surface area (Å²) < 4.78 is 7.59. The van der Waals surface area contributed by atoms with Crippen LogP contribution >= 0.6 is 0 Å². The molecule has 1 atom stereocenters. The van der Waals surface area contributed by atoms with E-state index in [9.17, 15) is 4.79 Å². The van der Waals surface area contributed by atoms with Crippen molar-refractivity contribution < 1.29 is 9.53 Å². The number of imidazole rings is 1. The fourth-order valence-corrected chi connectivity index (χ4v) is 2.88. The van der Waals surface area contributed by atoms with Gasteiger partial charge >= 0.3 is 0 Å². The molecule has 0 bridgehead atoms. The van der Waals surface area contributed by atoms with E-state index >= 15 is 0 Å². The van der Waals surface area contributed by atoms with E-state index in [0.717, 1.165) is 30.4 Å². The number of carbonyl (C=O) groups is 1. The van der Waals surface area contributed by atoms with Crippen LogP contribution < -0.4 is 4.90 Å². The summed E-state index contributed by atoms with van der Waals surface area (Å²) in [5.41, 5.74) is 1.04. The largest absolute Gasteiger partial charge is 0.361 e. The number of amides is 1. The molecule has 1 fully saturated rings. The summed E-state index contributed by atoms with van der Waals surface area (Å²) in [6.07, 6.45) is 3.39. The highest BCUT2D eigenvalue weighted by Gasteiger charge is 2.23. The molecule has 0 saturated carbocycles. The molecule has 1 saturated heterocycles. The summed E-state index contributed by atoms with van der Waals surface area (Å²) in [6.45, 7) is 6.91. The predicted molar refractivity (Wildman–Crippen MR) is 89.7 cm³/mol. The van der Waals surface area contributed by atoms with Crippen molar-refractivity contribution in [3.8, 4) is 0 Å².